The van der Waals surface area contributed by atoms with Gasteiger partial charge in [0.25, 0.3) is 0 Å². The molecule has 50 heavy (non-hydrogen) atoms. The minimum atomic E-state index is -4.52. The molecule has 2 aromatic heterocycles. The molecule has 0 radical (unpaired) electrons. The summed E-state index contributed by atoms with van der Waals surface area (Å²) in [5.41, 5.74) is 2.08. The molecule has 8 nitrogen and oxygen atoms in total. The van der Waals surface area contributed by atoms with Gasteiger partial charge in [-0.15, -0.1) is 5.10 Å². The van der Waals surface area contributed by atoms with E-state index in [0.29, 0.717) is 59.8 Å². The number of hydrogen-bond donors (Lipinski definition) is 0. The van der Waals surface area contributed by atoms with Gasteiger partial charge in [0, 0.05) is 57.7 Å². The lowest BCUT2D eigenvalue weighted by Crippen LogP contribution is -2.41. The van der Waals surface area contributed by atoms with Crippen LogP contribution in [-0.2, 0) is 9.53 Å². The van der Waals surface area contributed by atoms with Gasteiger partial charge < -0.3 is 14.4 Å². The summed E-state index contributed by atoms with van der Waals surface area (Å²) < 4.78 is 71.7. The summed E-state index contributed by atoms with van der Waals surface area (Å²) in [4.78, 5) is 20.1. The Bertz CT molecular complexity index is 1830. The van der Waals surface area contributed by atoms with Crippen molar-refractivity contribution in [1.29, 1.82) is 0 Å². The number of likely N-dealkylation sites (tertiary alicyclic amines) is 1. The summed E-state index contributed by atoms with van der Waals surface area (Å²) in [5, 5.41) is 4.33. The van der Waals surface area contributed by atoms with Crippen LogP contribution in [0.4, 0.5) is 17.6 Å². The van der Waals surface area contributed by atoms with Crippen LogP contribution in [0.5, 0.6) is 5.88 Å². The molecular weight excluding hydrogens is 650 g/mol. The zero-order valence-electron chi connectivity index (χ0n) is 28.2. The molecule has 2 aliphatic rings. The number of aromatic nitrogens is 3. The number of fused-ring (bicyclic) bond motifs is 1. The van der Waals surface area contributed by atoms with Crippen LogP contribution in [0.1, 0.15) is 61.4 Å². The molecule has 0 saturated carbocycles. The van der Waals surface area contributed by atoms with E-state index in [-0.39, 0.29) is 23.0 Å². The number of piperidine rings is 1. The number of alkyl halides is 3. The fourth-order valence-electron chi connectivity index (χ4n) is 6.58. The van der Waals surface area contributed by atoms with E-state index in [2.05, 4.69) is 15.0 Å². The monoisotopic (exact) mass is 691 g/mol. The molecule has 0 bridgehead atoms. The van der Waals surface area contributed by atoms with Gasteiger partial charge in [-0.05, 0) is 79.1 Å². The van der Waals surface area contributed by atoms with Gasteiger partial charge >= 0.3 is 6.18 Å². The first-order valence-electron chi connectivity index (χ1n) is 16.9. The van der Waals surface area contributed by atoms with E-state index in [1.54, 1.807) is 80.8 Å². The van der Waals surface area contributed by atoms with Gasteiger partial charge in [0.1, 0.15) is 6.10 Å². The van der Waals surface area contributed by atoms with E-state index in [1.165, 1.54) is 15.8 Å². The number of benzene rings is 2. The van der Waals surface area contributed by atoms with Crippen molar-refractivity contribution in [3.63, 3.8) is 0 Å². The first-order chi connectivity index (χ1) is 24.1. The zero-order valence-corrected chi connectivity index (χ0v) is 28.2. The third-order valence-corrected chi connectivity index (χ3v) is 9.02. The van der Waals surface area contributed by atoms with Crippen molar-refractivity contribution >= 4 is 28.0 Å². The Morgan fingerprint density at radius 3 is 2.52 bits per heavy atom. The number of rotatable bonds is 10. The molecule has 2 aromatic carbocycles. The maximum Gasteiger partial charge on any atom is 0.393 e. The largest absolute Gasteiger partial charge is 0.473 e. The van der Waals surface area contributed by atoms with E-state index in [1.807, 2.05) is 6.08 Å². The highest BCUT2D eigenvalue weighted by molar-refractivity contribution is 6.00. The van der Waals surface area contributed by atoms with Crippen LogP contribution in [-0.4, -0.2) is 83.1 Å². The van der Waals surface area contributed by atoms with Gasteiger partial charge in [0.2, 0.25) is 17.7 Å². The number of halogens is 4. The van der Waals surface area contributed by atoms with Crippen molar-refractivity contribution in [2.24, 2.45) is 0 Å². The molecule has 2 fully saturated rings. The highest BCUT2D eigenvalue weighted by atomic mass is 19.4. The highest BCUT2D eigenvalue weighted by Gasteiger charge is 2.32. The highest BCUT2D eigenvalue weighted by Crippen LogP contribution is 2.40. The molecule has 2 atom stereocenters. The Balaban J connectivity index is 1.33. The molecule has 2 aliphatic heterocycles. The minimum absolute atomic E-state index is 0.0417. The first-order valence-corrected chi connectivity index (χ1v) is 16.9. The van der Waals surface area contributed by atoms with E-state index >= 15 is 4.39 Å². The summed E-state index contributed by atoms with van der Waals surface area (Å²) in [5.74, 6) is -0.436. The van der Waals surface area contributed by atoms with E-state index in [4.69, 9.17) is 9.47 Å². The molecule has 0 unspecified atom stereocenters. The smallest absolute Gasteiger partial charge is 0.393 e. The van der Waals surface area contributed by atoms with Crippen molar-refractivity contribution in [3.05, 3.63) is 102 Å². The van der Waals surface area contributed by atoms with E-state index < -0.39 is 24.8 Å². The van der Waals surface area contributed by atoms with E-state index in [9.17, 15) is 18.0 Å². The van der Waals surface area contributed by atoms with Gasteiger partial charge in [0.05, 0.1) is 17.3 Å². The maximum absolute atomic E-state index is 15.4. The number of allylic oxidation sites excluding steroid dienone is 1. The van der Waals surface area contributed by atoms with Crippen LogP contribution in [0, 0.1) is 5.95 Å². The second-order valence-electron chi connectivity index (χ2n) is 13.0. The Morgan fingerprint density at radius 2 is 1.82 bits per heavy atom. The maximum atomic E-state index is 15.4. The molecule has 1 amide bonds. The Hall–Kier alpha value is -4.55. The van der Waals surface area contributed by atoms with Crippen LogP contribution >= 0.6 is 0 Å². The lowest BCUT2D eigenvalue weighted by Gasteiger charge is -2.31. The van der Waals surface area contributed by atoms with Gasteiger partial charge in [0.15, 0.2) is 6.23 Å². The predicted molar refractivity (Wildman–Crippen MR) is 184 cm³/mol. The number of carbonyl (C=O) groups excluding carboxylic acids is 1. The van der Waals surface area contributed by atoms with Crippen LogP contribution in [0.2, 0.25) is 0 Å². The summed E-state index contributed by atoms with van der Waals surface area (Å²) in [6, 6.07) is 16.8. The number of hydrogen-bond acceptors (Lipinski definition) is 6. The van der Waals surface area contributed by atoms with Crippen LogP contribution in [0.25, 0.3) is 22.0 Å². The van der Waals surface area contributed by atoms with E-state index in [0.717, 1.165) is 32.2 Å². The van der Waals surface area contributed by atoms with Crippen molar-refractivity contribution < 1.29 is 31.8 Å². The van der Waals surface area contributed by atoms with Gasteiger partial charge in [-0.25, -0.2) is 9.67 Å². The third-order valence-electron chi connectivity index (χ3n) is 9.02. The molecule has 264 valence electrons. The molecule has 4 aromatic rings. The molecule has 0 N–H and O–H groups in total. The molecule has 0 spiro atoms. The SMILES string of the molecule is CN(C)C(=O)/C=C/CN1CCC[C@@H](Oc2ccc(/C(=C(/CC(F)(F)F)c3ccccc3)c3ccc4c(c3)c(F)nn4[C@H]3CCCCO3)cn2)C1. The molecular formula is C38H41F4N5O3. The Labute approximate surface area is 289 Å². The number of amides is 1. The van der Waals surface area contributed by atoms with Crippen LogP contribution in [0.3, 0.4) is 0 Å². The lowest BCUT2D eigenvalue weighted by molar-refractivity contribution is -0.124. The normalized spacial score (nSPS) is 19.5. The number of pyridine rings is 1. The standard InChI is InChI=1S/C38H41F4N5O3/c1-45(2)34(48)13-9-20-46-19-8-12-29(25-46)50-33-18-16-28(24-43-33)36(31(23-38(40,41)42)26-10-4-3-5-11-26)27-15-17-32-30(22-27)37(39)44-47(32)35-14-6-7-21-49-35/h3-5,9-11,13,15-18,22,24,29,35H,6-8,12,14,19-21,23,25H2,1-2H3/b13-9+,36-31-/t29-,35-/m1/s1. The number of likely N-dealkylation sites (N-methyl/N-ethyl adjacent to an activating group) is 1. The average Bonchev–Trinajstić information content (AvgIpc) is 3.44. The first kappa shape index (κ1) is 35.3. The molecule has 0 aliphatic carbocycles. The summed E-state index contributed by atoms with van der Waals surface area (Å²) in [6.07, 6.45) is 2.92. The topological polar surface area (TPSA) is 72.7 Å². The predicted octanol–water partition coefficient (Wildman–Crippen LogP) is 7.67. The number of ether oxygens (including phenoxy) is 2. The van der Waals surface area contributed by atoms with Gasteiger partial charge in [-0.3, -0.25) is 9.69 Å². The second-order valence-corrected chi connectivity index (χ2v) is 13.0. The Morgan fingerprint density at radius 1 is 1.02 bits per heavy atom. The lowest BCUT2D eigenvalue weighted by atomic mass is 9.88. The van der Waals surface area contributed by atoms with Crippen molar-refractivity contribution in [3.8, 4) is 5.88 Å². The average molecular weight is 692 g/mol. The molecule has 12 heteroatoms. The zero-order chi connectivity index (χ0) is 35.3. The molecule has 6 rings (SSSR count). The fraction of sp³-hybridized carbons (Fsp3) is 0.395. The number of carbonyl (C=O) groups is 1. The summed E-state index contributed by atoms with van der Waals surface area (Å²) >= 11 is 0. The Kier molecular flexibility index (Phi) is 11.0. The van der Waals surface area contributed by atoms with Crippen LogP contribution < -0.4 is 4.74 Å². The van der Waals surface area contributed by atoms with Gasteiger partial charge in [-0.2, -0.15) is 17.6 Å². The van der Waals surface area contributed by atoms with Crippen molar-refractivity contribution in [2.75, 3.05) is 40.3 Å². The third kappa shape index (κ3) is 8.59. The summed E-state index contributed by atoms with van der Waals surface area (Å²) in [6.45, 7) is 2.68. The quantitative estimate of drug-likeness (QED) is 0.0966. The van der Waals surface area contributed by atoms with Crippen molar-refractivity contribution in [1.82, 2.24) is 24.6 Å². The van der Waals surface area contributed by atoms with Gasteiger partial charge in [-0.1, -0.05) is 42.5 Å². The number of nitrogens with zero attached hydrogens (tertiary/aromatic N) is 5. The second kappa shape index (κ2) is 15.6. The van der Waals surface area contributed by atoms with Crippen molar-refractivity contribution in [2.45, 2.75) is 57.0 Å². The molecule has 2 saturated heterocycles. The van der Waals surface area contributed by atoms with Crippen LogP contribution in [0.15, 0.2) is 79.0 Å². The summed E-state index contributed by atoms with van der Waals surface area (Å²) in [7, 11) is 3.41. The minimum Gasteiger partial charge on any atom is -0.473 e. The molecule has 4 heterocycles. The fourth-order valence-corrected chi connectivity index (χ4v) is 6.58.